The lowest BCUT2D eigenvalue weighted by molar-refractivity contribution is -0.131. The maximum absolute atomic E-state index is 9.82. The predicted octanol–water partition coefficient (Wildman–Crippen LogP) is 0.753. The molecule has 86 valence electrons. The number of thiol groups is 1. The Bertz CT molecular complexity index is 252. The highest BCUT2D eigenvalue weighted by Gasteiger charge is 1.88. The van der Waals surface area contributed by atoms with Gasteiger partial charge in [-0.25, -0.2) is 14.4 Å². The standard InChI is InChI=1S/C4H4O4S.C3H7NO2/c5-3(6)1-2-8-4(7)9;1-2-6-3(4)5/h1-2H,(H,5,6)(H,7,9);2H2,1H3,(H2,4,5). The molecule has 0 aliphatic rings. The van der Waals surface area contributed by atoms with Crippen LogP contribution in [0.1, 0.15) is 6.92 Å². The minimum absolute atomic E-state index is 0.356. The van der Waals surface area contributed by atoms with Gasteiger partial charge in [0.1, 0.15) is 6.26 Å². The molecule has 3 N–H and O–H groups in total. The van der Waals surface area contributed by atoms with Crippen molar-refractivity contribution < 1.29 is 29.0 Å². The lowest BCUT2D eigenvalue weighted by Crippen LogP contribution is -2.11. The SMILES string of the molecule is CCOC(N)=O.O=C(O)C=COC(=O)S. The van der Waals surface area contributed by atoms with Crippen LogP contribution >= 0.6 is 12.6 Å². The van der Waals surface area contributed by atoms with Gasteiger partial charge in [0.2, 0.25) is 0 Å². The predicted molar refractivity (Wildman–Crippen MR) is 53.5 cm³/mol. The molecule has 1 amide bonds. The number of carboxylic acid groups (broad SMARTS) is 1. The average Bonchev–Trinajstić information content (AvgIpc) is 2.03. The van der Waals surface area contributed by atoms with Crippen LogP contribution in [0.5, 0.6) is 0 Å². The molecule has 0 saturated carbocycles. The van der Waals surface area contributed by atoms with Crippen molar-refractivity contribution in [1.29, 1.82) is 0 Å². The van der Waals surface area contributed by atoms with Crippen molar-refractivity contribution in [2.75, 3.05) is 6.61 Å². The first-order valence-electron chi connectivity index (χ1n) is 3.61. The van der Waals surface area contributed by atoms with Crippen LogP contribution in [0.2, 0.25) is 0 Å². The Kier molecular flexibility index (Phi) is 10.9. The van der Waals surface area contributed by atoms with E-state index >= 15 is 0 Å². The van der Waals surface area contributed by atoms with Gasteiger partial charge in [-0.15, -0.1) is 0 Å². The third-order valence-corrected chi connectivity index (χ3v) is 0.771. The van der Waals surface area contributed by atoms with Crippen LogP contribution in [-0.2, 0) is 14.3 Å². The number of aliphatic carboxylic acids is 1. The maximum Gasteiger partial charge on any atom is 0.404 e. The molecule has 0 aromatic heterocycles. The molecule has 0 atom stereocenters. The van der Waals surface area contributed by atoms with Gasteiger partial charge in [0.25, 0.3) is 0 Å². The molecule has 0 rings (SSSR count). The fourth-order valence-corrected chi connectivity index (χ4v) is 0.354. The van der Waals surface area contributed by atoms with Gasteiger partial charge in [-0.05, 0) is 6.92 Å². The Morgan fingerprint density at radius 2 is 2.00 bits per heavy atom. The number of carbonyl (C=O) groups is 3. The van der Waals surface area contributed by atoms with E-state index in [-0.39, 0.29) is 0 Å². The van der Waals surface area contributed by atoms with E-state index in [2.05, 4.69) is 27.8 Å². The molecular weight excluding hydrogens is 226 g/mol. The summed E-state index contributed by atoms with van der Waals surface area (Å²) in [4.78, 5) is 29.1. The molecule has 0 aromatic carbocycles. The second-order valence-corrected chi connectivity index (χ2v) is 2.14. The molecule has 7 nitrogen and oxygen atoms in total. The summed E-state index contributed by atoms with van der Waals surface area (Å²) in [6.45, 7) is 2.06. The molecule has 15 heavy (non-hydrogen) atoms. The van der Waals surface area contributed by atoms with E-state index in [1.165, 1.54) is 0 Å². The highest BCUT2D eigenvalue weighted by molar-refractivity contribution is 7.96. The molecule has 8 heteroatoms. The topological polar surface area (TPSA) is 116 Å². The quantitative estimate of drug-likeness (QED) is 0.289. The minimum Gasteiger partial charge on any atom is -0.478 e. The zero-order valence-corrected chi connectivity index (χ0v) is 8.77. The Hall–Kier alpha value is -1.70. The maximum atomic E-state index is 9.82. The summed E-state index contributed by atoms with van der Waals surface area (Å²) in [7, 11) is 0. The van der Waals surface area contributed by atoms with Gasteiger partial charge < -0.3 is 20.3 Å². The van der Waals surface area contributed by atoms with Crippen molar-refractivity contribution in [1.82, 2.24) is 0 Å². The summed E-state index contributed by atoms with van der Waals surface area (Å²) in [5.74, 6) is -1.18. The lowest BCUT2D eigenvalue weighted by atomic mass is 10.6. The second kappa shape index (κ2) is 10.4. The van der Waals surface area contributed by atoms with E-state index in [1.807, 2.05) is 0 Å². The van der Waals surface area contributed by atoms with E-state index in [0.717, 1.165) is 6.26 Å². The first kappa shape index (κ1) is 15.8. The Labute approximate surface area is 91.2 Å². The van der Waals surface area contributed by atoms with E-state index < -0.39 is 17.4 Å². The van der Waals surface area contributed by atoms with Crippen molar-refractivity contribution in [3.63, 3.8) is 0 Å². The number of amides is 1. The second-order valence-electron chi connectivity index (χ2n) is 1.78. The number of hydrogen-bond acceptors (Lipinski definition) is 5. The number of primary amides is 1. The van der Waals surface area contributed by atoms with Crippen LogP contribution in [-0.4, -0.2) is 29.1 Å². The summed E-state index contributed by atoms with van der Waals surface area (Å²) >= 11 is 3.20. The highest BCUT2D eigenvalue weighted by atomic mass is 32.1. The number of carboxylic acids is 1. The summed E-state index contributed by atoms with van der Waals surface area (Å²) in [6, 6.07) is 0. The van der Waals surface area contributed by atoms with Gasteiger partial charge in [0.15, 0.2) is 0 Å². The smallest absolute Gasteiger partial charge is 0.404 e. The summed E-state index contributed by atoms with van der Waals surface area (Å²) < 4.78 is 8.20. The van der Waals surface area contributed by atoms with E-state index in [9.17, 15) is 14.4 Å². The summed E-state index contributed by atoms with van der Waals surface area (Å²) in [6.07, 6.45) is 0.726. The van der Waals surface area contributed by atoms with Gasteiger partial charge in [0.05, 0.1) is 12.7 Å². The number of ether oxygens (including phenoxy) is 2. The molecule has 0 spiro atoms. The summed E-state index contributed by atoms with van der Waals surface area (Å²) in [5, 5.41) is 7.08. The van der Waals surface area contributed by atoms with Crippen molar-refractivity contribution >= 4 is 30.0 Å². The molecule has 0 heterocycles. The van der Waals surface area contributed by atoms with Crippen LogP contribution in [0.15, 0.2) is 12.3 Å². The molecule has 0 aromatic rings. The molecule has 0 unspecified atom stereocenters. The van der Waals surface area contributed by atoms with Crippen molar-refractivity contribution in [2.24, 2.45) is 5.73 Å². The van der Waals surface area contributed by atoms with Gasteiger partial charge in [0, 0.05) is 0 Å². The van der Waals surface area contributed by atoms with Crippen LogP contribution in [0, 0.1) is 0 Å². The van der Waals surface area contributed by atoms with Crippen molar-refractivity contribution in [3.8, 4) is 0 Å². The largest absolute Gasteiger partial charge is 0.478 e. The van der Waals surface area contributed by atoms with E-state index in [1.54, 1.807) is 6.92 Å². The molecule has 0 radical (unpaired) electrons. The lowest BCUT2D eigenvalue weighted by Gasteiger charge is -1.89. The first-order valence-corrected chi connectivity index (χ1v) is 4.06. The monoisotopic (exact) mass is 237 g/mol. The molecular formula is C7H11NO6S. The third kappa shape index (κ3) is 24.5. The fraction of sp³-hybridized carbons (Fsp3) is 0.286. The van der Waals surface area contributed by atoms with Gasteiger partial charge in [-0.1, -0.05) is 12.6 Å². The zero-order valence-electron chi connectivity index (χ0n) is 7.87. The van der Waals surface area contributed by atoms with E-state index in [0.29, 0.717) is 12.7 Å². The number of nitrogens with two attached hydrogens (primary N) is 1. The molecule has 0 saturated heterocycles. The van der Waals surface area contributed by atoms with Crippen LogP contribution < -0.4 is 5.73 Å². The van der Waals surface area contributed by atoms with Crippen molar-refractivity contribution in [3.05, 3.63) is 12.3 Å². The van der Waals surface area contributed by atoms with Gasteiger partial charge in [-0.3, -0.25) is 0 Å². The van der Waals surface area contributed by atoms with Crippen molar-refractivity contribution in [2.45, 2.75) is 6.92 Å². The van der Waals surface area contributed by atoms with Gasteiger partial charge in [-0.2, -0.15) is 0 Å². The van der Waals surface area contributed by atoms with Crippen LogP contribution in [0.3, 0.4) is 0 Å². The fourth-order valence-electron chi connectivity index (χ4n) is 0.293. The molecule has 0 aliphatic heterocycles. The number of hydrogen-bond donors (Lipinski definition) is 3. The Balaban J connectivity index is 0. The van der Waals surface area contributed by atoms with Crippen LogP contribution in [0.25, 0.3) is 0 Å². The Morgan fingerprint density at radius 1 is 1.47 bits per heavy atom. The Morgan fingerprint density at radius 3 is 2.20 bits per heavy atom. The average molecular weight is 237 g/mol. The summed E-state index contributed by atoms with van der Waals surface area (Å²) in [5.41, 5.74) is 4.54. The van der Waals surface area contributed by atoms with Crippen LogP contribution in [0.4, 0.5) is 9.59 Å². The number of carbonyl (C=O) groups excluding carboxylic acids is 2. The minimum atomic E-state index is -1.18. The molecule has 0 fully saturated rings. The van der Waals surface area contributed by atoms with Gasteiger partial charge >= 0.3 is 17.4 Å². The zero-order chi connectivity index (χ0) is 12.3. The third-order valence-electron chi connectivity index (χ3n) is 0.666. The number of rotatable bonds is 3. The first-order chi connectivity index (χ1) is 6.90. The normalized spacial score (nSPS) is 8.67. The molecule has 0 aliphatic carbocycles. The molecule has 0 bridgehead atoms. The van der Waals surface area contributed by atoms with E-state index in [4.69, 9.17) is 5.11 Å². The highest BCUT2D eigenvalue weighted by Crippen LogP contribution is 1.85.